The van der Waals surface area contributed by atoms with Gasteiger partial charge in [-0.1, -0.05) is 17.8 Å². The Kier molecular flexibility index (Phi) is 6.73. The molecular weight excluding hydrogens is 464 g/mol. The average Bonchev–Trinajstić information content (AvgIpc) is 3.43. The summed E-state index contributed by atoms with van der Waals surface area (Å²) in [4.78, 5) is 43.1. The van der Waals surface area contributed by atoms with Crippen LogP contribution in [0.2, 0.25) is 0 Å². The lowest BCUT2D eigenvalue weighted by Crippen LogP contribution is -2.23. The first-order valence-electron chi connectivity index (χ1n) is 9.82. The van der Waals surface area contributed by atoms with E-state index >= 15 is 0 Å². The maximum absolute atomic E-state index is 13.2. The van der Waals surface area contributed by atoms with E-state index in [-0.39, 0.29) is 23.1 Å². The van der Waals surface area contributed by atoms with E-state index in [4.69, 9.17) is 0 Å². The van der Waals surface area contributed by atoms with Gasteiger partial charge in [-0.2, -0.15) is 0 Å². The summed E-state index contributed by atoms with van der Waals surface area (Å²) in [5.74, 6) is -0.239. The molecule has 0 bridgehead atoms. The maximum atomic E-state index is 13.2. The van der Waals surface area contributed by atoms with E-state index in [1.807, 2.05) is 29.8 Å². The van der Waals surface area contributed by atoms with E-state index in [0.29, 0.717) is 33.3 Å². The lowest BCUT2D eigenvalue weighted by molar-refractivity contribution is -0.114. The number of hydrogen-bond acceptors (Lipinski definition) is 7. The fraction of sp³-hybridized carbons (Fsp3) is 0.182. The van der Waals surface area contributed by atoms with E-state index in [2.05, 4.69) is 15.6 Å². The van der Waals surface area contributed by atoms with Crippen LogP contribution in [0.1, 0.15) is 13.8 Å². The van der Waals surface area contributed by atoms with Gasteiger partial charge in [0.05, 0.1) is 11.1 Å². The number of thioether (sulfide) groups is 1. The fourth-order valence-corrected chi connectivity index (χ4v) is 5.84. The standard InChI is InChI=1S/C22H20N4O3S3/c1-3-26-21(29)19-16(17-5-4-10-30-17)11-31-20(19)25-22(26)32-12-18(28)24-15-8-6-14(7-9-15)23-13(2)27/h4-11H,3,12H2,1-2H3,(H,23,27)(H,24,28). The molecule has 0 aliphatic carbocycles. The van der Waals surface area contributed by atoms with Crippen molar-refractivity contribution in [1.82, 2.24) is 9.55 Å². The molecule has 0 radical (unpaired) electrons. The largest absolute Gasteiger partial charge is 0.326 e. The van der Waals surface area contributed by atoms with Gasteiger partial charge in [0.25, 0.3) is 5.56 Å². The molecule has 0 saturated heterocycles. The number of amides is 2. The molecule has 7 nitrogen and oxygen atoms in total. The predicted molar refractivity (Wildman–Crippen MR) is 133 cm³/mol. The molecule has 1 aromatic carbocycles. The molecule has 164 valence electrons. The Hall–Kier alpha value is -2.95. The van der Waals surface area contributed by atoms with Gasteiger partial charge in [-0.15, -0.1) is 22.7 Å². The van der Waals surface area contributed by atoms with Gasteiger partial charge in [0.2, 0.25) is 11.8 Å². The molecule has 0 unspecified atom stereocenters. The number of aromatic nitrogens is 2. The number of benzene rings is 1. The second kappa shape index (κ2) is 9.68. The minimum Gasteiger partial charge on any atom is -0.326 e. The lowest BCUT2D eigenvalue weighted by Gasteiger charge is -2.11. The number of anilines is 2. The molecule has 3 heterocycles. The third-order valence-corrected chi connectivity index (χ3v) is 7.33. The smallest absolute Gasteiger partial charge is 0.263 e. The Morgan fingerprint density at radius 2 is 1.81 bits per heavy atom. The first kappa shape index (κ1) is 22.3. The highest BCUT2D eigenvalue weighted by molar-refractivity contribution is 7.99. The zero-order chi connectivity index (χ0) is 22.7. The van der Waals surface area contributed by atoms with E-state index < -0.39 is 0 Å². The number of nitrogens with one attached hydrogen (secondary N) is 2. The number of fused-ring (bicyclic) bond motifs is 1. The maximum Gasteiger partial charge on any atom is 0.263 e. The van der Waals surface area contributed by atoms with Crippen molar-refractivity contribution in [1.29, 1.82) is 0 Å². The molecule has 0 spiro atoms. The predicted octanol–water partition coefficient (Wildman–Crippen LogP) is 4.90. The van der Waals surface area contributed by atoms with Crippen molar-refractivity contribution in [3.8, 4) is 10.4 Å². The minimum atomic E-state index is -0.204. The summed E-state index contributed by atoms with van der Waals surface area (Å²) in [5.41, 5.74) is 2.11. The Balaban J connectivity index is 1.50. The van der Waals surface area contributed by atoms with Gasteiger partial charge in [-0.05, 0) is 42.6 Å². The molecule has 0 aliphatic heterocycles. The summed E-state index contributed by atoms with van der Waals surface area (Å²) >= 11 is 4.27. The van der Waals surface area contributed by atoms with Crippen LogP contribution < -0.4 is 16.2 Å². The Bertz CT molecular complexity index is 1330. The SMILES string of the molecule is CCn1c(SCC(=O)Nc2ccc(NC(C)=O)cc2)nc2scc(-c3cccs3)c2c1=O. The molecule has 10 heteroatoms. The third-order valence-electron chi connectivity index (χ3n) is 4.58. The summed E-state index contributed by atoms with van der Waals surface area (Å²) in [7, 11) is 0. The number of carbonyl (C=O) groups excluding carboxylic acids is 2. The number of rotatable bonds is 7. The number of nitrogens with zero attached hydrogens (tertiary/aromatic N) is 2. The van der Waals surface area contributed by atoms with E-state index in [1.54, 1.807) is 40.2 Å². The van der Waals surface area contributed by atoms with Crippen LogP contribution in [0.25, 0.3) is 20.7 Å². The molecule has 0 atom stereocenters. The summed E-state index contributed by atoms with van der Waals surface area (Å²) in [5, 5.41) is 10.6. The topological polar surface area (TPSA) is 93.1 Å². The van der Waals surface area contributed by atoms with E-state index in [9.17, 15) is 14.4 Å². The molecule has 2 N–H and O–H groups in total. The van der Waals surface area contributed by atoms with Crippen LogP contribution >= 0.6 is 34.4 Å². The zero-order valence-electron chi connectivity index (χ0n) is 17.4. The Morgan fingerprint density at radius 3 is 2.44 bits per heavy atom. The van der Waals surface area contributed by atoms with Crippen LogP contribution in [0.15, 0.2) is 57.1 Å². The van der Waals surface area contributed by atoms with Crippen LogP contribution in [0.4, 0.5) is 11.4 Å². The van der Waals surface area contributed by atoms with Gasteiger partial charge >= 0.3 is 0 Å². The molecule has 4 rings (SSSR count). The Labute approximate surface area is 196 Å². The second-order valence-electron chi connectivity index (χ2n) is 6.85. The monoisotopic (exact) mass is 484 g/mol. The number of thiophene rings is 2. The van der Waals surface area contributed by atoms with Gasteiger partial charge in [-0.25, -0.2) is 4.98 Å². The van der Waals surface area contributed by atoms with Crippen molar-refractivity contribution >= 4 is 67.8 Å². The fourth-order valence-electron chi connectivity index (χ4n) is 3.18. The molecule has 0 saturated carbocycles. The van der Waals surface area contributed by atoms with Crippen molar-refractivity contribution in [2.75, 3.05) is 16.4 Å². The third kappa shape index (κ3) is 4.77. The van der Waals surface area contributed by atoms with Crippen LogP contribution in [0.3, 0.4) is 0 Å². The quantitative estimate of drug-likeness (QED) is 0.288. The van der Waals surface area contributed by atoms with Crippen molar-refractivity contribution < 1.29 is 9.59 Å². The normalized spacial score (nSPS) is 10.9. The zero-order valence-corrected chi connectivity index (χ0v) is 19.8. The van der Waals surface area contributed by atoms with Gasteiger partial charge in [0, 0.05) is 40.7 Å². The summed E-state index contributed by atoms with van der Waals surface area (Å²) in [6.45, 7) is 3.80. The number of hydrogen-bond donors (Lipinski definition) is 2. The summed E-state index contributed by atoms with van der Waals surface area (Å²) < 4.78 is 1.62. The minimum absolute atomic E-state index is 0.0846. The van der Waals surface area contributed by atoms with E-state index in [1.165, 1.54) is 30.0 Å². The highest BCUT2D eigenvalue weighted by Gasteiger charge is 2.18. The lowest BCUT2D eigenvalue weighted by atomic mass is 10.2. The van der Waals surface area contributed by atoms with Gasteiger partial charge < -0.3 is 10.6 Å². The molecule has 3 aromatic heterocycles. The van der Waals surface area contributed by atoms with Crippen molar-refractivity contribution in [3.63, 3.8) is 0 Å². The van der Waals surface area contributed by atoms with Gasteiger partial charge in [0.1, 0.15) is 4.83 Å². The molecule has 2 amide bonds. The van der Waals surface area contributed by atoms with Crippen LogP contribution in [-0.2, 0) is 16.1 Å². The molecule has 4 aromatic rings. The summed E-state index contributed by atoms with van der Waals surface area (Å²) in [6, 6.07) is 10.8. The second-order valence-corrected chi connectivity index (χ2v) is 9.59. The highest BCUT2D eigenvalue weighted by Crippen LogP contribution is 2.34. The molecular formula is C22H20N4O3S3. The first-order chi connectivity index (χ1) is 15.5. The van der Waals surface area contributed by atoms with Gasteiger partial charge in [-0.3, -0.25) is 19.0 Å². The van der Waals surface area contributed by atoms with Crippen LogP contribution in [-0.4, -0.2) is 27.1 Å². The average molecular weight is 485 g/mol. The highest BCUT2D eigenvalue weighted by atomic mass is 32.2. The van der Waals surface area contributed by atoms with E-state index in [0.717, 1.165) is 10.4 Å². The van der Waals surface area contributed by atoms with Crippen molar-refractivity contribution in [2.24, 2.45) is 0 Å². The molecule has 32 heavy (non-hydrogen) atoms. The van der Waals surface area contributed by atoms with Crippen molar-refractivity contribution in [3.05, 3.63) is 57.5 Å². The number of carbonyl (C=O) groups is 2. The molecule has 0 aliphatic rings. The first-order valence-corrected chi connectivity index (χ1v) is 12.6. The Morgan fingerprint density at radius 1 is 1.09 bits per heavy atom. The van der Waals surface area contributed by atoms with Crippen LogP contribution in [0.5, 0.6) is 0 Å². The molecule has 0 fully saturated rings. The van der Waals surface area contributed by atoms with Crippen LogP contribution in [0, 0.1) is 0 Å². The van der Waals surface area contributed by atoms with Crippen molar-refractivity contribution in [2.45, 2.75) is 25.5 Å². The summed E-state index contributed by atoms with van der Waals surface area (Å²) in [6.07, 6.45) is 0. The van der Waals surface area contributed by atoms with Gasteiger partial charge in [0.15, 0.2) is 5.16 Å².